The van der Waals surface area contributed by atoms with Crippen molar-refractivity contribution in [3.63, 3.8) is 0 Å². The van der Waals surface area contributed by atoms with E-state index in [4.69, 9.17) is 50.9 Å². The third-order valence-corrected chi connectivity index (χ3v) is 4.89. The van der Waals surface area contributed by atoms with Crippen molar-refractivity contribution in [2.45, 2.75) is 6.61 Å². The quantitative estimate of drug-likeness (QED) is 0.588. The Bertz CT molecular complexity index is 877. The molecule has 1 N–H and O–H groups in total. The predicted octanol–water partition coefficient (Wildman–Crippen LogP) is 6.11. The number of benzene rings is 2. The minimum atomic E-state index is -0.281. The molecule has 3 nitrogen and oxygen atoms in total. The van der Waals surface area contributed by atoms with Crippen molar-refractivity contribution in [2.24, 2.45) is 0 Å². The van der Waals surface area contributed by atoms with E-state index in [1.807, 2.05) is 0 Å². The molecule has 2 aromatic carbocycles. The van der Waals surface area contributed by atoms with Crippen molar-refractivity contribution < 1.29 is 9.63 Å². The second kappa shape index (κ2) is 6.71. The number of hydrogen-bond donors (Lipinski definition) is 1. The van der Waals surface area contributed by atoms with Gasteiger partial charge in [-0.05, 0) is 24.3 Å². The molecule has 23 heavy (non-hydrogen) atoms. The third kappa shape index (κ3) is 3.08. The average molecular weight is 389 g/mol. The Balaban J connectivity index is 2.17. The van der Waals surface area contributed by atoms with Gasteiger partial charge in [0.05, 0.1) is 32.3 Å². The third-order valence-electron chi connectivity index (χ3n) is 3.33. The van der Waals surface area contributed by atoms with Gasteiger partial charge in [0.25, 0.3) is 0 Å². The highest BCUT2D eigenvalue weighted by Crippen LogP contribution is 2.39. The minimum Gasteiger partial charge on any atom is -0.391 e. The van der Waals surface area contributed by atoms with Crippen LogP contribution < -0.4 is 0 Å². The number of hydrogen-bond acceptors (Lipinski definition) is 3. The molecule has 1 aromatic heterocycles. The van der Waals surface area contributed by atoms with Crippen molar-refractivity contribution in [2.75, 3.05) is 0 Å². The van der Waals surface area contributed by atoms with Gasteiger partial charge in [0.1, 0.15) is 5.69 Å². The van der Waals surface area contributed by atoms with Crippen LogP contribution in [0.5, 0.6) is 0 Å². The Hall–Kier alpha value is -1.23. The van der Waals surface area contributed by atoms with Crippen LogP contribution in [-0.4, -0.2) is 10.3 Å². The molecule has 118 valence electrons. The smallest absolute Gasteiger partial charge is 0.173 e. The van der Waals surface area contributed by atoms with Crippen molar-refractivity contribution >= 4 is 46.4 Å². The Kier molecular flexibility index (Phi) is 4.85. The molecule has 0 radical (unpaired) electrons. The van der Waals surface area contributed by atoms with E-state index >= 15 is 0 Å². The largest absolute Gasteiger partial charge is 0.391 e. The summed E-state index contributed by atoms with van der Waals surface area (Å²) in [5.41, 5.74) is 2.16. The molecule has 0 amide bonds. The molecule has 0 aliphatic carbocycles. The number of aromatic nitrogens is 1. The molecule has 0 atom stereocenters. The lowest BCUT2D eigenvalue weighted by Crippen LogP contribution is -1.90. The topological polar surface area (TPSA) is 46.3 Å². The van der Waals surface area contributed by atoms with Gasteiger partial charge in [0, 0.05) is 11.1 Å². The van der Waals surface area contributed by atoms with E-state index < -0.39 is 0 Å². The Morgan fingerprint density at radius 3 is 2.43 bits per heavy atom. The van der Waals surface area contributed by atoms with E-state index in [1.165, 1.54) is 0 Å². The highest BCUT2D eigenvalue weighted by molar-refractivity contribution is 6.43. The van der Waals surface area contributed by atoms with E-state index in [-0.39, 0.29) is 6.61 Å². The number of rotatable bonds is 3. The maximum Gasteiger partial charge on any atom is 0.173 e. The zero-order valence-electron chi connectivity index (χ0n) is 11.5. The predicted molar refractivity (Wildman–Crippen MR) is 93.3 cm³/mol. The van der Waals surface area contributed by atoms with Gasteiger partial charge in [-0.1, -0.05) is 63.7 Å². The fourth-order valence-corrected chi connectivity index (χ4v) is 2.91. The number of nitrogens with zero attached hydrogens (tertiary/aromatic N) is 1. The molecule has 0 aliphatic rings. The second-order valence-electron chi connectivity index (χ2n) is 4.73. The number of aliphatic hydroxyl groups excluding tert-OH is 1. The maximum atomic E-state index is 9.76. The lowest BCUT2D eigenvalue weighted by atomic mass is 10.0. The minimum absolute atomic E-state index is 0.281. The monoisotopic (exact) mass is 387 g/mol. The van der Waals surface area contributed by atoms with E-state index in [0.29, 0.717) is 48.2 Å². The van der Waals surface area contributed by atoms with Crippen LogP contribution in [-0.2, 0) is 6.61 Å². The van der Waals surface area contributed by atoms with Gasteiger partial charge in [-0.15, -0.1) is 0 Å². The van der Waals surface area contributed by atoms with Crippen LogP contribution in [0.25, 0.3) is 22.6 Å². The number of aliphatic hydroxyl groups is 1. The van der Waals surface area contributed by atoms with Gasteiger partial charge in [-0.2, -0.15) is 0 Å². The van der Waals surface area contributed by atoms with Crippen molar-refractivity contribution in [3.8, 4) is 22.6 Å². The standard InChI is InChI=1S/C16H9Cl4NO2/c17-11-5-4-8(6-13(11)19)16-10(7-22)15(21-23-16)9-2-1-3-12(18)14(9)20/h1-6,22H,7H2. The first kappa shape index (κ1) is 16.6. The SMILES string of the molecule is OCc1c(-c2cccc(Cl)c2Cl)noc1-c1ccc(Cl)c(Cl)c1. The molecule has 0 fully saturated rings. The lowest BCUT2D eigenvalue weighted by molar-refractivity contribution is 0.281. The molecule has 7 heteroatoms. The summed E-state index contributed by atoms with van der Waals surface area (Å²) < 4.78 is 5.40. The van der Waals surface area contributed by atoms with Crippen LogP contribution in [0.4, 0.5) is 0 Å². The first-order valence-corrected chi connectivity index (χ1v) is 8.03. The van der Waals surface area contributed by atoms with Crippen LogP contribution in [0.1, 0.15) is 5.56 Å². The first-order valence-electron chi connectivity index (χ1n) is 6.52. The van der Waals surface area contributed by atoms with E-state index in [9.17, 15) is 5.11 Å². The maximum absolute atomic E-state index is 9.76. The lowest BCUT2D eigenvalue weighted by Gasteiger charge is -2.05. The molecule has 0 unspecified atom stereocenters. The van der Waals surface area contributed by atoms with Gasteiger partial charge in [0.2, 0.25) is 0 Å². The van der Waals surface area contributed by atoms with E-state index in [2.05, 4.69) is 5.16 Å². The molecule has 0 aliphatic heterocycles. The summed E-state index contributed by atoms with van der Waals surface area (Å²) in [7, 11) is 0. The summed E-state index contributed by atoms with van der Waals surface area (Å²) in [6.45, 7) is -0.281. The summed E-state index contributed by atoms with van der Waals surface area (Å²) in [5.74, 6) is 0.400. The first-order chi connectivity index (χ1) is 11.0. The van der Waals surface area contributed by atoms with Gasteiger partial charge in [-0.25, -0.2) is 0 Å². The van der Waals surface area contributed by atoms with Crippen molar-refractivity contribution in [1.29, 1.82) is 0 Å². The average Bonchev–Trinajstić information content (AvgIpc) is 2.96. The highest BCUT2D eigenvalue weighted by Gasteiger charge is 2.21. The molecular weight excluding hydrogens is 380 g/mol. The summed E-state index contributed by atoms with van der Waals surface area (Å²) in [5, 5.41) is 15.3. The zero-order chi connectivity index (χ0) is 16.6. The molecule has 0 bridgehead atoms. The van der Waals surface area contributed by atoms with Crippen LogP contribution in [0.2, 0.25) is 20.1 Å². The molecule has 0 spiro atoms. The van der Waals surface area contributed by atoms with Crippen LogP contribution in [0.3, 0.4) is 0 Å². The summed E-state index contributed by atoms with van der Waals surface area (Å²) >= 11 is 24.2. The zero-order valence-corrected chi connectivity index (χ0v) is 14.5. The van der Waals surface area contributed by atoms with Crippen molar-refractivity contribution in [3.05, 3.63) is 62.1 Å². The molecule has 0 saturated heterocycles. The van der Waals surface area contributed by atoms with Gasteiger partial charge in [-0.3, -0.25) is 0 Å². The number of halogens is 4. The fraction of sp³-hybridized carbons (Fsp3) is 0.0625. The molecule has 3 aromatic rings. The summed E-state index contributed by atoms with van der Waals surface area (Å²) in [6, 6.07) is 10.2. The Morgan fingerprint density at radius 1 is 0.957 bits per heavy atom. The Morgan fingerprint density at radius 2 is 1.74 bits per heavy atom. The van der Waals surface area contributed by atoms with Gasteiger partial charge in [0.15, 0.2) is 5.76 Å². The van der Waals surface area contributed by atoms with Crippen LogP contribution in [0, 0.1) is 0 Å². The summed E-state index contributed by atoms with van der Waals surface area (Å²) in [6.07, 6.45) is 0. The highest BCUT2D eigenvalue weighted by atomic mass is 35.5. The van der Waals surface area contributed by atoms with Crippen molar-refractivity contribution in [1.82, 2.24) is 5.16 Å². The van der Waals surface area contributed by atoms with E-state index in [0.717, 1.165) is 0 Å². The van der Waals surface area contributed by atoms with Crippen LogP contribution in [0.15, 0.2) is 40.9 Å². The van der Waals surface area contributed by atoms with Crippen LogP contribution >= 0.6 is 46.4 Å². The fourth-order valence-electron chi connectivity index (χ4n) is 2.22. The molecular formula is C16H9Cl4NO2. The van der Waals surface area contributed by atoms with Gasteiger partial charge >= 0.3 is 0 Å². The second-order valence-corrected chi connectivity index (χ2v) is 6.33. The molecule has 1 heterocycles. The van der Waals surface area contributed by atoms with E-state index in [1.54, 1.807) is 36.4 Å². The Labute approximate surface area is 152 Å². The normalized spacial score (nSPS) is 11.0. The molecule has 0 saturated carbocycles. The van der Waals surface area contributed by atoms with Gasteiger partial charge < -0.3 is 9.63 Å². The molecule has 3 rings (SSSR count). The summed E-state index contributed by atoms with van der Waals surface area (Å²) in [4.78, 5) is 0.